The molecule has 0 heterocycles. The molecule has 0 spiro atoms. The van der Waals surface area contributed by atoms with Gasteiger partial charge in [-0.2, -0.15) is 0 Å². The van der Waals surface area contributed by atoms with Gasteiger partial charge in [0.1, 0.15) is 6.61 Å². The van der Waals surface area contributed by atoms with Gasteiger partial charge in [0.15, 0.2) is 6.10 Å². The summed E-state index contributed by atoms with van der Waals surface area (Å²) in [6.07, 6.45) is 54.4. The lowest BCUT2D eigenvalue weighted by Crippen LogP contribution is -2.28. The van der Waals surface area contributed by atoms with Crippen LogP contribution in [0.2, 0.25) is 0 Å². The molecule has 0 rings (SSSR count). The number of hydrogen-bond donors (Lipinski definition) is 1. The molecule has 0 aliphatic rings. The topological polar surface area (TPSA) is 72.8 Å². The first kappa shape index (κ1) is 52.6. The molecule has 0 radical (unpaired) electrons. The van der Waals surface area contributed by atoms with Crippen LogP contribution in [-0.4, -0.2) is 36.4 Å². The van der Waals surface area contributed by atoms with Gasteiger partial charge in [-0.3, -0.25) is 9.59 Å². The number of carbonyl (C=O) groups excluding carboxylic acids is 2. The van der Waals surface area contributed by atoms with E-state index in [-0.39, 0.29) is 25.2 Å². The van der Waals surface area contributed by atoms with Crippen LogP contribution in [0.25, 0.3) is 0 Å². The number of esters is 2. The third-order valence-electron chi connectivity index (χ3n) is 11.1. The molecule has 0 unspecified atom stereocenters. The van der Waals surface area contributed by atoms with Gasteiger partial charge in [-0.05, 0) is 38.5 Å². The van der Waals surface area contributed by atoms with Gasteiger partial charge in [0.25, 0.3) is 0 Å². The Morgan fingerprint density at radius 3 is 1.00 bits per heavy atom. The largest absolute Gasteiger partial charge is 0.462 e. The highest BCUT2D eigenvalue weighted by molar-refractivity contribution is 5.70. The Kier molecular flexibility index (Phi) is 44.9. The SMILES string of the molecule is CCCCCCCC/C=C\CCCCCCCCCCCCCC(=O)O[C@@H](CO)COC(=O)CCCCCCCCCCCCCCCCCCCCC. The third-order valence-corrected chi connectivity index (χ3v) is 11.1. The van der Waals surface area contributed by atoms with E-state index in [0.717, 1.165) is 32.1 Å². The van der Waals surface area contributed by atoms with Crippen molar-refractivity contribution in [3.63, 3.8) is 0 Å². The minimum Gasteiger partial charge on any atom is -0.462 e. The zero-order valence-electron chi connectivity index (χ0n) is 36.5. The molecule has 0 aromatic rings. The molecule has 0 aromatic heterocycles. The number of aliphatic hydroxyl groups is 1. The molecule has 0 saturated heterocycles. The van der Waals surface area contributed by atoms with Gasteiger partial charge in [-0.15, -0.1) is 0 Å². The van der Waals surface area contributed by atoms with E-state index in [9.17, 15) is 14.7 Å². The molecule has 320 valence electrons. The fourth-order valence-corrected chi connectivity index (χ4v) is 7.38. The van der Waals surface area contributed by atoms with Crippen molar-refractivity contribution in [2.45, 2.75) is 277 Å². The molecule has 0 bridgehead atoms. The van der Waals surface area contributed by atoms with Crippen LogP contribution in [0.3, 0.4) is 0 Å². The number of aliphatic hydroxyl groups excluding tert-OH is 1. The summed E-state index contributed by atoms with van der Waals surface area (Å²) in [6, 6.07) is 0. The van der Waals surface area contributed by atoms with Crippen LogP contribution in [0, 0.1) is 0 Å². The minimum absolute atomic E-state index is 0.0590. The Hall–Kier alpha value is -1.36. The second-order valence-corrected chi connectivity index (χ2v) is 16.5. The second kappa shape index (κ2) is 46.0. The Morgan fingerprint density at radius 2 is 0.685 bits per heavy atom. The van der Waals surface area contributed by atoms with Crippen LogP contribution in [0.15, 0.2) is 12.2 Å². The minimum atomic E-state index is -0.766. The second-order valence-electron chi connectivity index (χ2n) is 16.5. The van der Waals surface area contributed by atoms with E-state index in [1.54, 1.807) is 0 Å². The summed E-state index contributed by atoms with van der Waals surface area (Å²) in [4.78, 5) is 24.4. The van der Waals surface area contributed by atoms with Crippen molar-refractivity contribution in [1.82, 2.24) is 0 Å². The molecule has 0 saturated carbocycles. The van der Waals surface area contributed by atoms with Gasteiger partial charge in [0, 0.05) is 12.8 Å². The van der Waals surface area contributed by atoms with Crippen LogP contribution in [0.4, 0.5) is 0 Å². The fraction of sp³-hybridized carbons (Fsp3) is 0.918. The number of unbranched alkanes of at least 4 members (excludes halogenated alkanes) is 35. The lowest BCUT2D eigenvalue weighted by molar-refractivity contribution is -0.161. The Bertz CT molecular complexity index is 780. The van der Waals surface area contributed by atoms with Crippen LogP contribution < -0.4 is 0 Å². The Labute approximate surface area is 337 Å². The molecule has 1 N–H and O–H groups in total. The molecule has 0 amide bonds. The lowest BCUT2D eigenvalue weighted by atomic mass is 10.0. The van der Waals surface area contributed by atoms with E-state index in [0.29, 0.717) is 12.8 Å². The lowest BCUT2D eigenvalue weighted by Gasteiger charge is -2.15. The highest BCUT2D eigenvalue weighted by atomic mass is 16.6. The summed E-state index contributed by atoms with van der Waals surface area (Å²) in [5, 5.41) is 9.61. The monoisotopic (exact) mass is 763 g/mol. The molecule has 54 heavy (non-hydrogen) atoms. The summed E-state index contributed by atoms with van der Waals surface area (Å²) < 4.78 is 10.7. The van der Waals surface area contributed by atoms with E-state index in [1.165, 1.54) is 212 Å². The van der Waals surface area contributed by atoms with Gasteiger partial charge in [0.2, 0.25) is 0 Å². The van der Waals surface area contributed by atoms with E-state index in [2.05, 4.69) is 26.0 Å². The Morgan fingerprint density at radius 1 is 0.407 bits per heavy atom. The van der Waals surface area contributed by atoms with Crippen molar-refractivity contribution >= 4 is 11.9 Å². The molecule has 5 nitrogen and oxygen atoms in total. The predicted molar refractivity (Wildman–Crippen MR) is 233 cm³/mol. The maximum Gasteiger partial charge on any atom is 0.306 e. The van der Waals surface area contributed by atoms with Gasteiger partial charge in [-0.25, -0.2) is 0 Å². The predicted octanol–water partition coefficient (Wildman–Crippen LogP) is 15.6. The van der Waals surface area contributed by atoms with Crippen molar-refractivity contribution < 1.29 is 24.2 Å². The van der Waals surface area contributed by atoms with E-state index >= 15 is 0 Å². The molecule has 0 aliphatic heterocycles. The molecular formula is C49H94O5. The smallest absolute Gasteiger partial charge is 0.306 e. The summed E-state index contributed by atoms with van der Waals surface area (Å²) in [5.41, 5.74) is 0. The average Bonchev–Trinajstić information content (AvgIpc) is 3.17. The summed E-state index contributed by atoms with van der Waals surface area (Å²) in [7, 11) is 0. The summed E-state index contributed by atoms with van der Waals surface area (Å²) >= 11 is 0. The first-order valence-corrected chi connectivity index (χ1v) is 24.2. The van der Waals surface area contributed by atoms with Gasteiger partial charge < -0.3 is 14.6 Å². The van der Waals surface area contributed by atoms with Crippen molar-refractivity contribution in [3.05, 3.63) is 12.2 Å². The average molecular weight is 763 g/mol. The van der Waals surface area contributed by atoms with Crippen LogP contribution >= 0.6 is 0 Å². The van der Waals surface area contributed by atoms with E-state index in [1.807, 2.05) is 0 Å². The van der Waals surface area contributed by atoms with Crippen molar-refractivity contribution in [2.75, 3.05) is 13.2 Å². The van der Waals surface area contributed by atoms with Crippen molar-refractivity contribution in [1.29, 1.82) is 0 Å². The zero-order valence-corrected chi connectivity index (χ0v) is 36.5. The number of ether oxygens (including phenoxy) is 2. The molecule has 0 aromatic carbocycles. The fourth-order valence-electron chi connectivity index (χ4n) is 7.38. The quantitative estimate of drug-likeness (QED) is 0.0380. The maximum absolute atomic E-state index is 12.2. The zero-order chi connectivity index (χ0) is 39.3. The van der Waals surface area contributed by atoms with Crippen molar-refractivity contribution in [2.24, 2.45) is 0 Å². The number of hydrogen-bond acceptors (Lipinski definition) is 5. The third kappa shape index (κ3) is 43.4. The number of carbonyl (C=O) groups is 2. The molecular weight excluding hydrogens is 669 g/mol. The molecule has 5 heteroatoms. The van der Waals surface area contributed by atoms with Crippen LogP contribution in [-0.2, 0) is 19.1 Å². The highest BCUT2D eigenvalue weighted by Gasteiger charge is 2.16. The van der Waals surface area contributed by atoms with E-state index in [4.69, 9.17) is 9.47 Å². The van der Waals surface area contributed by atoms with Crippen molar-refractivity contribution in [3.8, 4) is 0 Å². The van der Waals surface area contributed by atoms with Gasteiger partial charge >= 0.3 is 11.9 Å². The summed E-state index contributed by atoms with van der Waals surface area (Å²) in [6.45, 7) is 4.18. The summed E-state index contributed by atoms with van der Waals surface area (Å²) in [5.74, 6) is -0.574. The standard InChI is InChI=1S/C49H94O5/c1-3-5-7-9-11-13-15-17-19-21-23-24-26-28-30-32-34-36-38-40-42-44-49(52)54-47(45-50)46-53-48(51)43-41-39-37-35-33-31-29-27-25-22-20-18-16-14-12-10-8-6-4-2/h17,19,47,50H,3-16,18,20-46H2,1-2H3/b19-17-/t47-/m0/s1. The highest BCUT2D eigenvalue weighted by Crippen LogP contribution is 2.16. The maximum atomic E-state index is 12.2. The molecule has 0 fully saturated rings. The van der Waals surface area contributed by atoms with Gasteiger partial charge in [-0.1, -0.05) is 231 Å². The molecule has 1 atom stereocenters. The Balaban J connectivity index is 3.46. The van der Waals surface area contributed by atoms with Gasteiger partial charge in [0.05, 0.1) is 6.61 Å². The van der Waals surface area contributed by atoms with Crippen LogP contribution in [0.5, 0.6) is 0 Å². The van der Waals surface area contributed by atoms with E-state index < -0.39 is 6.10 Å². The van der Waals surface area contributed by atoms with Crippen LogP contribution in [0.1, 0.15) is 271 Å². The first-order valence-electron chi connectivity index (χ1n) is 24.2. The first-order chi connectivity index (χ1) is 26.6. The number of rotatable bonds is 45. The molecule has 0 aliphatic carbocycles. The number of allylic oxidation sites excluding steroid dienone is 2. The normalized spacial score (nSPS) is 12.1.